The second-order valence-corrected chi connectivity index (χ2v) is 5.41. The van der Waals surface area contributed by atoms with Gasteiger partial charge in [0.2, 0.25) is 0 Å². The van der Waals surface area contributed by atoms with Crippen LogP contribution in [0.2, 0.25) is 5.02 Å². The summed E-state index contributed by atoms with van der Waals surface area (Å²) in [6.07, 6.45) is 3.74. The number of hydrogen-bond acceptors (Lipinski definition) is 4. The summed E-state index contributed by atoms with van der Waals surface area (Å²) < 4.78 is 5.78. The Morgan fingerprint density at radius 3 is 2.94 bits per heavy atom. The summed E-state index contributed by atoms with van der Waals surface area (Å²) in [6.45, 7) is 2.42. The molecular formula is C12H14BrClN2O2. The first kappa shape index (κ1) is 13.6. The van der Waals surface area contributed by atoms with Crippen LogP contribution in [0.4, 0.5) is 5.82 Å². The Hall–Kier alpha value is -0.810. The van der Waals surface area contributed by atoms with Gasteiger partial charge in [-0.25, -0.2) is 4.98 Å². The van der Waals surface area contributed by atoms with Crippen LogP contribution in [-0.2, 0) is 9.53 Å². The number of nitrogens with zero attached hydrogens (tertiary/aromatic N) is 2. The van der Waals surface area contributed by atoms with Crippen LogP contribution < -0.4 is 4.90 Å². The number of halogens is 2. The van der Waals surface area contributed by atoms with Crippen LogP contribution in [0.15, 0.2) is 16.7 Å². The number of aromatic nitrogens is 1. The van der Waals surface area contributed by atoms with Crippen molar-refractivity contribution in [1.82, 2.24) is 4.98 Å². The lowest BCUT2D eigenvalue weighted by Crippen LogP contribution is -2.33. The first-order valence-corrected chi connectivity index (χ1v) is 7.02. The summed E-state index contributed by atoms with van der Waals surface area (Å²) in [5.74, 6) is 0.517. The zero-order valence-corrected chi connectivity index (χ0v) is 12.4. The Morgan fingerprint density at radius 1 is 1.67 bits per heavy atom. The van der Waals surface area contributed by atoms with E-state index in [-0.39, 0.29) is 12.5 Å². The van der Waals surface area contributed by atoms with Crippen LogP contribution in [0.5, 0.6) is 0 Å². The highest BCUT2D eigenvalue weighted by Crippen LogP contribution is 2.35. The quantitative estimate of drug-likeness (QED) is 0.777. The van der Waals surface area contributed by atoms with E-state index in [1.54, 1.807) is 19.2 Å². The van der Waals surface area contributed by atoms with Crippen molar-refractivity contribution in [1.29, 1.82) is 0 Å². The van der Waals surface area contributed by atoms with Crippen LogP contribution in [-0.4, -0.2) is 30.1 Å². The van der Waals surface area contributed by atoms with Gasteiger partial charge in [-0.3, -0.25) is 4.79 Å². The van der Waals surface area contributed by atoms with Crippen molar-refractivity contribution >= 4 is 39.3 Å². The van der Waals surface area contributed by atoms with E-state index in [0.717, 1.165) is 23.1 Å². The van der Waals surface area contributed by atoms with Gasteiger partial charge in [-0.05, 0) is 41.8 Å². The zero-order valence-electron chi connectivity index (χ0n) is 10.0. The molecule has 18 heavy (non-hydrogen) atoms. The van der Waals surface area contributed by atoms with Crippen molar-refractivity contribution in [3.05, 3.63) is 21.8 Å². The Balaban J connectivity index is 2.16. The zero-order chi connectivity index (χ0) is 13.1. The largest absolute Gasteiger partial charge is 0.465 e. The van der Waals surface area contributed by atoms with Gasteiger partial charge in [0.15, 0.2) is 0 Å². The van der Waals surface area contributed by atoms with Gasteiger partial charge in [-0.2, -0.15) is 0 Å². The molecule has 1 aliphatic rings. The number of rotatable bonds is 5. The summed E-state index contributed by atoms with van der Waals surface area (Å²) in [4.78, 5) is 17.9. The highest BCUT2D eigenvalue weighted by molar-refractivity contribution is 9.10. The van der Waals surface area contributed by atoms with Crippen LogP contribution in [0, 0.1) is 0 Å². The number of carbonyl (C=O) groups excluding carboxylic acids is 1. The second kappa shape index (κ2) is 5.89. The van der Waals surface area contributed by atoms with E-state index in [1.807, 2.05) is 4.90 Å². The summed E-state index contributed by atoms with van der Waals surface area (Å²) in [5, 5.41) is 0.567. The number of esters is 1. The molecule has 0 saturated heterocycles. The van der Waals surface area contributed by atoms with Gasteiger partial charge in [-0.1, -0.05) is 11.6 Å². The first-order chi connectivity index (χ1) is 8.61. The summed E-state index contributed by atoms with van der Waals surface area (Å²) in [7, 11) is 0. The molecule has 0 aromatic carbocycles. The molecule has 6 heteroatoms. The average molecular weight is 334 g/mol. The predicted octanol–water partition coefficient (Wildman–Crippen LogP) is 3.03. The minimum Gasteiger partial charge on any atom is -0.465 e. The molecule has 0 amide bonds. The topological polar surface area (TPSA) is 42.4 Å². The Morgan fingerprint density at radius 2 is 2.39 bits per heavy atom. The van der Waals surface area contributed by atoms with Gasteiger partial charge < -0.3 is 9.64 Å². The molecular weight excluding hydrogens is 320 g/mol. The lowest BCUT2D eigenvalue weighted by atomic mass is 10.4. The lowest BCUT2D eigenvalue weighted by Gasteiger charge is -2.23. The van der Waals surface area contributed by atoms with Crippen molar-refractivity contribution in [2.45, 2.75) is 25.8 Å². The molecule has 0 atom stereocenters. The molecule has 1 fully saturated rings. The fourth-order valence-electron chi connectivity index (χ4n) is 1.73. The molecule has 0 aliphatic heterocycles. The lowest BCUT2D eigenvalue weighted by molar-refractivity contribution is -0.141. The Labute approximate surface area is 119 Å². The first-order valence-electron chi connectivity index (χ1n) is 5.85. The normalized spacial score (nSPS) is 14.4. The number of pyridine rings is 1. The molecule has 0 bridgehead atoms. The van der Waals surface area contributed by atoms with Gasteiger partial charge in [-0.15, -0.1) is 0 Å². The Bertz CT molecular complexity index is 452. The van der Waals surface area contributed by atoms with E-state index in [2.05, 4.69) is 20.9 Å². The third-order valence-electron chi connectivity index (χ3n) is 2.65. The molecule has 0 radical (unpaired) electrons. The average Bonchev–Trinajstić information content (AvgIpc) is 3.11. The highest BCUT2D eigenvalue weighted by Gasteiger charge is 2.32. The maximum Gasteiger partial charge on any atom is 0.325 e. The maximum atomic E-state index is 11.6. The van der Waals surface area contributed by atoms with Gasteiger partial charge >= 0.3 is 5.97 Å². The number of anilines is 1. The smallest absolute Gasteiger partial charge is 0.325 e. The summed E-state index contributed by atoms with van der Waals surface area (Å²) in [6, 6.07) is 2.16. The minimum absolute atomic E-state index is 0.228. The molecule has 1 saturated carbocycles. The van der Waals surface area contributed by atoms with Crippen molar-refractivity contribution in [2.75, 3.05) is 18.1 Å². The minimum atomic E-state index is -0.229. The molecule has 1 aromatic heterocycles. The molecule has 4 nitrogen and oxygen atoms in total. The van der Waals surface area contributed by atoms with E-state index < -0.39 is 0 Å². The maximum absolute atomic E-state index is 11.6. The van der Waals surface area contributed by atoms with E-state index in [1.165, 1.54) is 0 Å². The molecule has 1 aliphatic carbocycles. The van der Waals surface area contributed by atoms with Gasteiger partial charge in [0, 0.05) is 12.2 Å². The van der Waals surface area contributed by atoms with Gasteiger partial charge in [0.1, 0.15) is 12.4 Å². The summed E-state index contributed by atoms with van der Waals surface area (Å²) in [5.41, 5.74) is 0. The molecule has 0 spiro atoms. The van der Waals surface area contributed by atoms with Crippen LogP contribution in [0.1, 0.15) is 19.8 Å². The second-order valence-electron chi connectivity index (χ2n) is 4.12. The number of carbonyl (C=O) groups is 1. The molecule has 98 valence electrons. The fourth-order valence-corrected chi connectivity index (χ4v) is 2.59. The van der Waals surface area contributed by atoms with Crippen LogP contribution in [0.3, 0.4) is 0 Å². The van der Waals surface area contributed by atoms with E-state index in [9.17, 15) is 4.79 Å². The van der Waals surface area contributed by atoms with Crippen LogP contribution in [0.25, 0.3) is 0 Å². The number of hydrogen-bond donors (Lipinski definition) is 0. The van der Waals surface area contributed by atoms with E-state index in [0.29, 0.717) is 17.7 Å². The van der Waals surface area contributed by atoms with E-state index in [4.69, 9.17) is 16.3 Å². The number of ether oxygens (including phenoxy) is 1. The monoisotopic (exact) mass is 332 g/mol. The predicted molar refractivity (Wildman–Crippen MR) is 73.9 cm³/mol. The van der Waals surface area contributed by atoms with E-state index >= 15 is 0 Å². The third-order valence-corrected chi connectivity index (χ3v) is 3.44. The fraction of sp³-hybridized carbons (Fsp3) is 0.500. The molecule has 0 unspecified atom stereocenters. The summed E-state index contributed by atoms with van der Waals surface area (Å²) >= 11 is 9.30. The molecule has 2 rings (SSSR count). The van der Waals surface area contributed by atoms with Crippen LogP contribution >= 0.6 is 27.5 Å². The van der Waals surface area contributed by atoms with Crippen molar-refractivity contribution in [3.8, 4) is 0 Å². The molecule has 0 N–H and O–H groups in total. The van der Waals surface area contributed by atoms with Gasteiger partial charge in [0.05, 0.1) is 16.1 Å². The third kappa shape index (κ3) is 3.36. The van der Waals surface area contributed by atoms with Crippen molar-refractivity contribution in [2.24, 2.45) is 0 Å². The Kier molecular flexibility index (Phi) is 4.45. The molecule has 1 aromatic rings. The highest BCUT2D eigenvalue weighted by atomic mass is 79.9. The molecule has 1 heterocycles. The van der Waals surface area contributed by atoms with Crippen molar-refractivity contribution in [3.63, 3.8) is 0 Å². The standard InChI is InChI=1S/C12H14BrClN2O2/c1-2-18-11(17)7-16(9-3-4-9)12-10(13)5-8(14)6-15-12/h5-6,9H,2-4,7H2,1H3. The van der Waals surface area contributed by atoms with Gasteiger partial charge in [0.25, 0.3) is 0 Å². The SMILES string of the molecule is CCOC(=O)CN(c1ncc(Cl)cc1Br)C1CC1. The van der Waals surface area contributed by atoms with Crippen molar-refractivity contribution < 1.29 is 9.53 Å².